The topological polar surface area (TPSA) is 75.4 Å². The number of anilines is 1. The minimum absolute atomic E-state index is 0.188. The lowest BCUT2D eigenvalue weighted by atomic mass is 9.85. The zero-order chi connectivity index (χ0) is 24.4. The molecule has 0 amide bonds. The van der Waals surface area contributed by atoms with E-state index in [4.69, 9.17) is 13.9 Å². The van der Waals surface area contributed by atoms with Crippen molar-refractivity contribution in [2.24, 2.45) is 0 Å². The molecule has 0 aliphatic carbocycles. The van der Waals surface area contributed by atoms with Crippen LogP contribution >= 0.6 is 0 Å². The lowest BCUT2D eigenvalue weighted by molar-refractivity contribution is 0.0630. The second kappa shape index (κ2) is 10.1. The summed E-state index contributed by atoms with van der Waals surface area (Å²) in [6, 6.07) is 11.3. The van der Waals surface area contributed by atoms with Gasteiger partial charge < -0.3 is 28.8 Å². The molecule has 4 rings (SSSR count). The Balaban J connectivity index is 1.91. The summed E-state index contributed by atoms with van der Waals surface area (Å²) >= 11 is 0. The van der Waals surface area contributed by atoms with Gasteiger partial charge in [-0.2, -0.15) is 0 Å². The van der Waals surface area contributed by atoms with Gasteiger partial charge in [0.2, 0.25) is 0 Å². The normalized spacial score (nSPS) is 18.8. The van der Waals surface area contributed by atoms with Crippen molar-refractivity contribution in [2.75, 3.05) is 52.3 Å². The van der Waals surface area contributed by atoms with Gasteiger partial charge in [-0.1, -0.05) is 0 Å². The molecule has 0 unspecified atom stereocenters. The Morgan fingerprint density at radius 2 is 1.76 bits per heavy atom. The van der Waals surface area contributed by atoms with Crippen LogP contribution in [0.4, 0.5) is 5.69 Å². The summed E-state index contributed by atoms with van der Waals surface area (Å²) < 4.78 is 17.7. The summed E-state index contributed by atoms with van der Waals surface area (Å²) in [5.74, 6) is 1.20. The molecule has 0 spiro atoms. The molecule has 3 aromatic rings. The van der Waals surface area contributed by atoms with Crippen molar-refractivity contribution < 1.29 is 19.0 Å². The predicted molar refractivity (Wildman–Crippen MR) is 135 cm³/mol. The SMILES string of the molecule is CCN(CC)c1ccc(-c2cc(=O)c3c(OC)cc(OC)c([C@H]4CCN(C)C[C@H]4O)c3o2)cc1. The van der Waals surface area contributed by atoms with Crippen molar-refractivity contribution in [3.8, 4) is 22.8 Å². The van der Waals surface area contributed by atoms with Crippen LogP contribution in [0.5, 0.6) is 11.5 Å². The Bertz CT molecular complexity index is 1200. The maximum Gasteiger partial charge on any atom is 0.197 e. The second-order valence-corrected chi connectivity index (χ2v) is 8.82. The first-order chi connectivity index (χ1) is 16.4. The van der Waals surface area contributed by atoms with Crippen LogP contribution in [-0.2, 0) is 0 Å². The number of fused-ring (bicyclic) bond motifs is 1. The fourth-order valence-electron chi connectivity index (χ4n) is 4.97. The maximum atomic E-state index is 13.3. The summed E-state index contributed by atoms with van der Waals surface area (Å²) in [6.45, 7) is 7.46. The summed E-state index contributed by atoms with van der Waals surface area (Å²) in [4.78, 5) is 17.7. The molecule has 1 N–H and O–H groups in total. The lowest BCUT2D eigenvalue weighted by Crippen LogP contribution is -2.40. The number of piperidine rings is 1. The first-order valence-electron chi connectivity index (χ1n) is 11.9. The molecule has 34 heavy (non-hydrogen) atoms. The molecule has 1 saturated heterocycles. The van der Waals surface area contributed by atoms with Gasteiger partial charge >= 0.3 is 0 Å². The molecule has 1 aliphatic heterocycles. The largest absolute Gasteiger partial charge is 0.496 e. The van der Waals surface area contributed by atoms with E-state index in [2.05, 4.69) is 23.6 Å². The zero-order valence-electron chi connectivity index (χ0n) is 20.6. The van der Waals surface area contributed by atoms with Crippen molar-refractivity contribution >= 4 is 16.7 Å². The van der Waals surface area contributed by atoms with E-state index in [1.807, 2.05) is 31.3 Å². The van der Waals surface area contributed by atoms with Crippen molar-refractivity contribution in [1.29, 1.82) is 0 Å². The van der Waals surface area contributed by atoms with Crippen LogP contribution < -0.4 is 19.8 Å². The molecule has 2 aromatic carbocycles. The van der Waals surface area contributed by atoms with Gasteiger partial charge in [-0.25, -0.2) is 0 Å². The van der Waals surface area contributed by atoms with E-state index < -0.39 is 6.10 Å². The molecule has 182 valence electrons. The van der Waals surface area contributed by atoms with E-state index >= 15 is 0 Å². The molecule has 0 saturated carbocycles. The van der Waals surface area contributed by atoms with Gasteiger partial charge in [-0.3, -0.25) is 4.79 Å². The lowest BCUT2D eigenvalue weighted by Gasteiger charge is -2.34. The van der Waals surface area contributed by atoms with Gasteiger partial charge in [0, 0.05) is 54.5 Å². The first-order valence-corrected chi connectivity index (χ1v) is 11.9. The Morgan fingerprint density at radius 3 is 2.35 bits per heavy atom. The molecule has 2 heterocycles. The Labute approximate surface area is 200 Å². The van der Waals surface area contributed by atoms with Gasteiger partial charge in [0.25, 0.3) is 0 Å². The molecule has 0 bridgehead atoms. The number of likely N-dealkylation sites (tertiary alicyclic amines) is 1. The summed E-state index contributed by atoms with van der Waals surface area (Å²) in [6.07, 6.45) is 0.119. The molecule has 0 radical (unpaired) electrons. The van der Waals surface area contributed by atoms with Crippen molar-refractivity contribution in [3.63, 3.8) is 0 Å². The van der Waals surface area contributed by atoms with Gasteiger partial charge in [0.05, 0.1) is 20.3 Å². The number of hydrogen-bond donors (Lipinski definition) is 1. The number of nitrogens with zero attached hydrogens (tertiary/aromatic N) is 2. The number of aliphatic hydroxyl groups is 1. The van der Waals surface area contributed by atoms with E-state index in [-0.39, 0.29) is 11.3 Å². The van der Waals surface area contributed by atoms with E-state index in [1.54, 1.807) is 13.2 Å². The second-order valence-electron chi connectivity index (χ2n) is 8.82. The van der Waals surface area contributed by atoms with Gasteiger partial charge in [0.15, 0.2) is 5.43 Å². The van der Waals surface area contributed by atoms with Crippen molar-refractivity contribution in [1.82, 2.24) is 4.90 Å². The van der Waals surface area contributed by atoms with Crippen LogP contribution in [0.1, 0.15) is 31.7 Å². The molecular formula is C27H34N2O5. The van der Waals surface area contributed by atoms with E-state index in [9.17, 15) is 9.90 Å². The molecule has 1 aliphatic rings. The number of aliphatic hydroxyl groups excluding tert-OH is 1. The van der Waals surface area contributed by atoms with Crippen LogP contribution in [0, 0.1) is 0 Å². The first kappa shape index (κ1) is 24.1. The molecular weight excluding hydrogens is 432 g/mol. The van der Waals surface area contributed by atoms with Crippen LogP contribution in [0.2, 0.25) is 0 Å². The molecule has 7 heteroatoms. The molecule has 7 nitrogen and oxygen atoms in total. The highest BCUT2D eigenvalue weighted by atomic mass is 16.5. The van der Waals surface area contributed by atoms with Crippen molar-refractivity contribution in [3.05, 3.63) is 52.2 Å². The number of likely N-dealkylation sites (N-methyl/N-ethyl adjacent to an activating group) is 1. The Kier molecular flexibility index (Phi) is 7.14. The summed E-state index contributed by atoms with van der Waals surface area (Å²) in [7, 11) is 5.10. The molecule has 1 fully saturated rings. The summed E-state index contributed by atoms with van der Waals surface area (Å²) in [5, 5.41) is 11.3. The van der Waals surface area contributed by atoms with Crippen LogP contribution in [-0.4, -0.2) is 63.6 Å². The average molecular weight is 467 g/mol. The van der Waals surface area contributed by atoms with Crippen LogP contribution in [0.15, 0.2) is 45.6 Å². The third-order valence-corrected chi connectivity index (χ3v) is 6.84. The van der Waals surface area contributed by atoms with E-state index in [0.717, 1.165) is 42.9 Å². The van der Waals surface area contributed by atoms with Crippen LogP contribution in [0.3, 0.4) is 0 Å². The monoisotopic (exact) mass is 466 g/mol. The number of methoxy groups -OCH3 is 2. The van der Waals surface area contributed by atoms with Gasteiger partial charge in [-0.15, -0.1) is 0 Å². The fraction of sp³-hybridized carbons (Fsp3) is 0.444. The summed E-state index contributed by atoms with van der Waals surface area (Å²) in [5.41, 5.74) is 2.88. The minimum atomic E-state index is -0.605. The third-order valence-electron chi connectivity index (χ3n) is 6.84. The standard InChI is InChI=1S/C27H34N2O5/c1-6-29(7-2)18-10-8-17(9-11-18)22-14-20(30)26-24(33-5)15-23(32-4)25(27(26)34-22)19-12-13-28(3)16-21(19)31/h8-11,14-15,19,21,31H,6-7,12-13,16H2,1-5H3/t19-,21+/m0/s1. The van der Waals surface area contributed by atoms with Crippen LogP contribution in [0.25, 0.3) is 22.3 Å². The predicted octanol–water partition coefficient (Wildman–Crippen LogP) is 4.10. The smallest absolute Gasteiger partial charge is 0.197 e. The zero-order valence-corrected chi connectivity index (χ0v) is 20.6. The van der Waals surface area contributed by atoms with E-state index in [0.29, 0.717) is 34.8 Å². The number of β-amino-alcohol motifs (C(OH)–C–C–N with tert-alkyl or cyclic N) is 1. The highest BCUT2D eigenvalue weighted by Gasteiger charge is 2.33. The number of benzene rings is 2. The molecule has 1 aromatic heterocycles. The maximum absolute atomic E-state index is 13.3. The fourth-order valence-corrected chi connectivity index (χ4v) is 4.97. The van der Waals surface area contributed by atoms with Crippen molar-refractivity contribution in [2.45, 2.75) is 32.3 Å². The molecule has 2 atom stereocenters. The number of hydrogen-bond acceptors (Lipinski definition) is 7. The number of rotatable bonds is 7. The Hall–Kier alpha value is -3.03. The average Bonchev–Trinajstić information content (AvgIpc) is 2.84. The van der Waals surface area contributed by atoms with Gasteiger partial charge in [0.1, 0.15) is 28.2 Å². The van der Waals surface area contributed by atoms with Gasteiger partial charge in [-0.05, 0) is 58.1 Å². The highest BCUT2D eigenvalue weighted by molar-refractivity contribution is 5.90. The highest BCUT2D eigenvalue weighted by Crippen LogP contribution is 2.43. The minimum Gasteiger partial charge on any atom is -0.496 e. The Morgan fingerprint density at radius 1 is 1.09 bits per heavy atom. The quantitative estimate of drug-likeness (QED) is 0.562. The number of ether oxygens (including phenoxy) is 2. The van der Waals surface area contributed by atoms with E-state index in [1.165, 1.54) is 13.2 Å². The third kappa shape index (κ3) is 4.38.